The third-order valence-corrected chi connectivity index (χ3v) is 2.30. The predicted molar refractivity (Wildman–Crippen MR) is 47.8 cm³/mol. The standard InChI is InChI=1S/C10H12FN/c1-7-5-8-3-2-4-9(11)10(8)12-6-7/h2-4,7,12H,5-6H2,1H3. The quantitative estimate of drug-likeness (QED) is 0.622. The predicted octanol–water partition coefficient (Wildman–Crippen LogP) is 2.43. The third kappa shape index (κ3) is 1.17. The number of para-hydroxylation sites is 1. The van der Waals surface area contributed by atoms with E-state index in [1.807, 2.05) is 6.07 Å². The number of anilines is 1. The van der Waals surface area contributed by atoms with Gasteiger partial charge in [-0.1, -0.05) is 19.1 Å². The van der Waals surface area contributed by atoms with Crippen molar-refractivity contribution in [3.63, 3.8) is 0 Å². The van der Waals surface area contributed by atoms with Gasteiger partial charge in [-0.25, -0.2) is 4.39 Å². The summed E-state index contributed by atoms with van der Waals surface area (Å²) in [5.41, 5.74) is 1.81. The molecule has 2 heteroatoms. The van der Waals surface area contributed by atoms with Crippen LogP contribution in [0.25, 0.3) is 0 Å². The molecule has 0 aromatic heterocycles. The van der Waals surface area contributed by atoms with Crippen molar-refractivity contribution in [1.29, 1.82) is 0 Å². The van der Waals surface area contributed by atoms with Gasteiger partial charge in [-0.3, -0.25) is 0 Å². The van der Waals surface area contributed by atoms with E-state index in [4.69, 9.17) is 0 Å². The van der Waals surface area contributed by atoms with Gasteiger partial charge in [0, 0.05) is 6.54 Å². The van der Waals surface area contributed by atoms with Crippen LogP contribution in [-0.4, -0.2) is 6.54 Å². The van der Waals surface area contributed by atoms with E-state index in [-0.39, 0.29) is 5.82 Å². The Labute approximate surface area is 71.6 Å². The smallest absolute Gasteiger partial charge is 0.146 e. The van der Waals surface area contributed by atoms with E-state index in [9.17, 15) is 4.39 Å². The van der Waals surface area contributed by atoms with Crippen molar-refractivity contribution in [2.24, 2.45) is 5.92 Å². The summed E-state index contributed by atoms with van der Waals surface area (Å²) in [5.74, 6) is 0.485. The average Bonchev–Trinajstić information content (AvgIpc) is 2.04. The average molecular weight is 165 g/mol. The van der Waals surface area contributed by atoms with Crippen LogP contribution in [0.2, 0.25) is 0 Å². The van der Waals surface area contributed by atoms with Crippen LogP contribution >= 0.6 is 0 Å². The maximum absolute atomic E-state index is 13.1. The van der Waals surface area contributed by atoms with E-state index in [1.54, 1.807) is 6.07 Å². The first-order chi connectivity index (χ1) is 5.77. The van der Waals surface area contributed by atoms with Crippen molar-refractivity contribution in [2.45, 2.75) is 13.3 Å². The van der Waals surface area contributed by atoms with Crippen molar-refractivity contribution in [3.05, 3.63) is 29.6 Å². The first-order valence-corrected chi connectivity index (χ1v) is 4.28. The normalized spacial score (nSPS) is 21.3. The molecule has 0 fully saturated rings. The fraction of sp³-hybridized carbons (Fsp3) is 0.400. The summed E-state index contributed by atoms with van der Waals surface area (Å²) in [5, 5.41) is 3.11. The maximum Gasteiger partial charge on any atom is 0.146 e. The van der Waals surface area contributed by atoms with Crippen molar-refractivity contribution >= 4 is 5.69 Å². The second-order valence-corrected chi connectivity index (χ2v) is 3.46. The molecule has 1 unspecified atom stereocenters. The van der Waals surface area contributed by atoms with E-state index >= 15 is 0 Å². The SMILES string of the molecule is CC1CNc2c(F)cccc2C1. The van der Waals surface area contributed by atoms with Crippen molar-refractivity contribution in [2.75, 3.05) is 11.9 Å². The summed E-state index contributed by atoms with van der Waals surface area (Å²) in [7, 11) is 0. The van der Waals surface area contributed by atoms with Gasteiger partial charge in [0.15, 0.2) is 0 Å². The van der Waals surface area contributed by atoms with Crippen LogP contribution < -0.4 is 5.32 Å². The largest absolute Gasteiger partial charge is 0.382 e. The maximum atomic E-state index is 13.1. The third-order valence-electron chi connectivity index (χ3n) is 2.30. The van der Waals surface area contributed by atoms with Gasteiger partial charge in [-0.05, 0) is 24.0 Å². The molecule has 0 bridgehead atoms. The van der Waals surface area contributed by atoms with Crippen molar-refractivity contribution < 1.29 is 4.39 Å². The Balaban J connectivity index is 2.42. The fourth-order valence-electron chi connectivity index (χ4n) is 1.66. The Hall–Kier alpha value is -1.05. The summed E-state index contributed by atoms with van der Waals surface area (Å²) in [6.07, 6.45) is 0.986. The molecule has 0 spiro atoms. The van der Waals surface area contributed by atoms with Crippen LogP contribution in [0.4, 0.5) is 10.1 Å². The fourth-order valence-corrected chi connectivity index (χ4v) is 1.66. The molecule has 1 aliphatic rings. The van der Waals surface area contributed by atoms with E-state index in [2.05, 4.69) is 12.2 Å². The number of hydrogen-bond acceptors (Lipinski definition) is 1. The monoisotopic (exact) mass is 165 g/mol. The van der Waals surface area contributed by atoms with Crippen molar-refractivity contribution in [1.82, 2.24) is 0 Å². The van der Waals surface area contributed by atoms with E-state index < -0.39 is 0 Å². The molecule has 1 aromatic rings. The van der Waals surface area contributed by atoms with Gasteiger partial charge in [0.05, 0.1) is 5.69 Å². The van der Waals surface area contributed by atoms with Crippen LogP contribution in [0.5, 0.6) is 0 Å². The van der Waals surface area contributed by atoms with Gasteiger partial charge in [-0.15, -0.1) is 0 Å². The van der Waals surface area contributed by atoms with Crippen LogP contribution in [-0.2, 0) is 6.42 Å². The second kappa shape index (κ2) is 2.77. The van der Waals surface area contributed by atoms with Crippen LogP contribution in [0.3, 0.4) is 0 Å². The highest BCUT2D eigenvalue weighted by molar-refractivity contribution is 5.54. The highest BCUT2D eigenvalue weighted by Gasteiger charge is 2.16. The molecule has 1 aliphatic heterocycles. The summed E-state index contributed by atoms with van der Waals surface area (Å²) in [4.78, 5) is 0. The lowest BCUT2D eigenvalue weighted by Crippen LogP contribution is -2.21. The van der Waals surface area contributed by atoms with Gasteiger partial charge in [-0.2, -0.15) is 0 Å². The van der Waals surface area contributed by atoms with Gasteiger partial charge in [0.25, 0.3) is 0 Å². The van der Waals surface area contributed by atoms with Gasteiger partial charge in [0.2, 0.25) is 0 Å². The number of benzene rings is 1. The minimum Gasteiger partial charge on any atom is -0.382 e. The Morgan fingerprint density at radius 3 is 3.17 bits per heavy atom. The molecule has 12 heavy (non-hydrogen) atoms. The number of hydrogen-bond donors (Lipinski definition) is 1. The molecule has 0 radical (unpaired) electrons. The van der Waals surface area contributed by atoms with E-state index in [0.29, 0.717) is 11.6 Å². The molecule has 1 heterocycles. The van der Waals surface area contributed by atoms with E-state index in [0.717, 1.165) is 18.5 Å². The Kier molecular flexibility index (Phi) is 1.75. The second-order valence-electron chi connectivity index (χ2n) is 3.46. The molecule has 1 N–H and O–H groups in total. The topological polar surface area (TPSA) is 12.0 Å². The molecule has 1 atom stereocenters. The number of halogens is 1. The lowest BCUT2D eigenvalue weighted by molar-refractivity contribution is 0.572. The molecule has 0 amide bonds. The summed E-state index contributed by atoms with van der Waals surface area (Å²) < 4.78 is 13.1. The van der Waals surface area contributed by atoms with Gasteiger partial charge in [0.1, 0.15) is 5.82 Å². The highest BCUT2D eigenvalue weighted by Crippen LogP contribution is 2.26. The Bertz CT molecular complexity index is 296. The zero-order valence-corrected chi connectivity index (χ0v) is 7.10. The van der Waals surface area contributed by atoms with Gasteiger partial charge >= 0.3 is 0 Å². The van der Waals surface area contributed by atoms with Crippen LogP contribution in [0.1, 0.15) is 12.5 Å². The lowest BCUT2D eigenvalue weighted by atomic mass is 9.95. The van der Waals surface area contributed by atoms with Crippen LogP contribution in [0, 0.1) is 11.7 Å². The molecule has 1 aromatic carbocycles. The van der Waals surface area contributed by atoms with Gasteiger partial charge < -0.3 is 5.32 Å². The van der Waals surface area contributed by atoms with Crippen LogP contribution in [0.15, 0.2) is 18.2 Å². The minimum absolute atomic E-state index is 0.126. The number of nitrogens with one attached hydrogen (secondary N) is 1. The Morgan fingerprint density at radius 2 is 2.33 bits per heavy atom. The van der Waals surface area contributed by atoms with E-state index in [1.165, 1.54) is 6.07 Å². The molecule has 0 aliphatic carbocycles. The summed E-state index contributed by atoms with van der Waals surface area (Å²) in [6, 6.07) is 5.26. The summed E-state index contributed by atoms with van der Waals surface area (Å²) in [6.45, 7) is 3.05. The first-order valence-electron chi connectivity index (χ1n) is 4.28. The minimum atomic E-state index is -0.126. The number of rotatable bonds is 0. The summed E-state index contributed by atoms with van der Waals surface area (Å²) >= 11 is 0. The molecule has 2 rings (SSSR count). The number of fused-ring (bicyclic) bond motifs is 1. The zero-order chi connectivity index (χ0) is 8.55. The van der Waals surface area contributed by atoms with Crippen molar-refractivity contribution in [3.8, 4) is 0 Å². The molecular formula is C10H12FN. The molecule has 1 nitrogen and oxygen atoms in total. The highest BCUT2D eigenvalue weighted by atomic mass is 19.1. The zero-order valence-electron chi connectivity index (χ0n) is 7.10. The first kappa shape index (κ1) is 7.59. The Morgan fingerprint density at radius 1 is 1.50 bits per heavy atom. The molecular weight excluding hydrogens is 153 g/mol. The lowest BCUT2D eigenvalue weighted by Gasteiger charge is -2.23. The molecule has 0 saturated heterocycles. The molecule has 64 valence electrons. The molecule has 0 saturated carbocycles.